The summed E-state index contributed by atoms with van der Waals surface area (Å²) in [4.78, 5) is 19.0. The molecule has 5 N–H and O–H groups in total. The van der Waals surface area contributed by atoms with E-state index in [1.54, 1.807) is 25.3 Å². The first-order chi connectivity index (χ1) is 16.6. The predicted octanol–water partition coefficient (Wildman–Crippen LogP) is 3.98. The number of halogens is 3. The third kappa shape index (κ3) is 5.38. The van der Waals surface area contributed by atoms with Crippen LogP contribution in [-0.2, 0) is 6.54 Å². The number of aromatic nitrogens is 1. The van der Waals surface area contributed by atoms with Crippen molar-refractivity contribution in [2.24, 2.45) is 5.73 Å². The molecule has 1 atom stereocenters. The maximum absolute atomic E-state index is 12.9. The van der Waals surface area contributed by atoms with Crippen molar-refractivity contribution in [3.8, 4) is 5.75 Å². The van der Waals surface area contributed by atoms with Crippen LogP contribution in [0.5, 0.6) is 5.75 Å². The Balaban J connectivity index is 1.68. The average Bonchev–Trinajstić information content (AvgIpc) is 3.30. The molecular formula is C25H30F3N5O2. The Kier molecular flexibility index (Phi) is 6.95. The van der Waals surface area contributed by atoms with Gasteiger partial charge >= 0.3 is 6.18 Å². The van der Waals surface area contributed by atoms with E-state index in [2.05, 4.69) is 9.88 Å². The van der Waals surface area contributed by atoms with Gasteiger partial charge < -0.3 is 21.2 Å². The molecule has 7 nitrogen and oxygen atoms in total. The van der Waals surface area contributed by atoms with E-state index in [1.165, 1.54) is 0 Å². The number of fused-ring (bicyclic) bond motifs is 1. The van der Waals surface area contributed by atoms with E-state index >= 15 is 0 Å². The molecule has 0 bridgehead atoms. The molecule has 0 saturated carbocycles. The average molecular weight is 490 g/mol. The van der Waals surface area contributed by atoms with Gasteiger partial charge in [-0.15, -0.1) is 0 Å². The summed E-state index contributed by atoms with van der Waals surface area (Å²) in [5, 5.41) is 1.05. The maximum Gasteiger partial charge on any atom is 0.390 e. The number of nitrogens with one attached hydrogen (secondary N) is 1. The van der Waals surface area contributed by atoms with Crippen LogP contribution in [0.1, 0.15) is 39.5 Å². The van der Waals surface area contributed by atoms with Crippen molar-refractivity contribution >= 4 is 22.5 Å². The fraction of sp³-hybridized carbons (Fsp3) is 0.400. The molecule has 1 saturated heterocycles. The number of methoxy groups -OCH3 is 1. The van der Waals surface area contributed by atoms with Gasteiger partial charge in [-0.05, 0) is 42.3 Å². The predicted molar refractivity (Wildman–Crippen MR) is 129 cm³/mol. The number of primary amides is 1. The highest BCUT2D eigenvalue weighted by atomic mass is 19.4. The number of nitrogens with zero attached hydrogens (tertiary/aromatic N) is 2. The van der Waals surface area contributed by atoms with E-state index in [1.807, 2.05) is 30.2 Å². The highest BCUT2D eigenvalue weighted by molar-refractivity contribution is 5.98. The number of carbonyl (C=O) groups is 1. The summed E-state index contributed by atoms with van der Waals surface area (Å²) in [5.74, 6) is 0.136. The largest absolute Gasteiger partial charge is 0.496 e. The summed E-state index contributed by atoms with van der Waals surface area (Å²) >= 11 is 0. The van der Waals surface area contributed by atoms with Crippen molar-refractivity contribution in [2.45, 2.75) is 32.1 Å². The fourth-order valence-electron chi connectivity index (χ4n) is 4.87. The maximum atomic E-state index is 12.9. The van der Waals surface area contributed by atoms with Crippen molar-refractivity contribution in [1.29, 1.82) is 0 Å². The van der Waals surface area contributed by atoms with Crippen LogP contribution in [-0.4, -0.2) is 60.2 Å². The van der Waals surface area contributed by atoms with Gasteiger partial charge in [0.15, 0.2) is 0 Å². The summed E-state index contributed by atoms with van der Waals surface area (Å²) in [5.41, 5.74) is 15.9. The quantitative estimate of drug-likeness (QED) is 0.436. The van der Waals surface area contributed by atoms with Gasteiger partial charge in [0.1, 0.15) is 5.75 Å². The molecule has 0 unspecified atom stereocenters. The first-order valence-corrected chi connectivity index (χ1v) is 11.4. The zero-order valence-corrected chi connectivity index (χ0v) is 19.8. The summed E-state index contributed by atoms with van der Waals surface area (Å²) in [6.07, 6.45) is -3.19. The summed E-state index contributed by atoms with van der Waals surface area (Å²) < 4.78 is 44.4. The Morgan fingerprint density at radius 1 is 1.23 bits per heavy atom. The third-order valence-electron chi connectivity index (χ3n) is 6.71. The van der Waals surface area contributed by atoms with Crippen LogP contribution in [0, 0.1) is 6.92 Å². The summed E-state index contributed by atoms with van der Waals surface area (Å²) in [6, 6.07) is 8.82. The lowest BCUT2D eigenvalue weighted by Gasteiger charge is -2.42. The number of H-pyrrole nitrogens is 1. The number of rotatable bonds is 7. The van der Waals surface area contributed by atoms with Crippen molar-refractivity contribution < 1.29 is 22.7 Å². The van der Waals surface area contributed by atoms with E-state index in [0.29, 0.717) is 26.2 Å². The molecule has 2 heterocycles. The van der Waals surface area contributed by atoms with E-state index < -0.39 is 18.5 Å². The standard InChI is InChI=1S/C25H30F3N5O2/c1-15-11-22(35-2)19(17-5-7-31-23(15)17)13-33-10-9-32(8-6-25(26,27)28)14-21(33)16-3-4-18(24(30)34)20(29)12-16/h3-5,7,11-12,21,31H,6,8-10,13-14,29H2,1-2H3,(H2,30,34)/t21-/m0/s1. The first kappa shape index (κ1) is 24.9. The van der Waals surface area contributed by atoms with Gasteiger partial charge in [0.25, 0.3) is 5.91 Å². The number of hydrogen-bond acceptors (Lipinski definition) is 5. The number of benzene rings is 2. The lowest BCUT2D eigenvalue weighted by atomic mass is 9.97. The topological polar surface area (TPSA) is 101 Å². The molecular weight excluding hydrogens is 459 g/mol. The normalized spacial score (nSPS) is 17.7. The number of carbonyl (C=O) groups excluding carboxylic acids is 1. The number of aryl methyl sites for hydroxylation is 1. The van der Waals surface area contributed by atoms with Crippen LogP contribution >= 0.6 is 0 Å². The second-order valence-corrected chi connectivity index (χ2v) is 9.00. The minimum Gasteiger partial charge on any atom is -0.496 e. The van der Waals surface area contributed by atoms with Crippen molar-refractivity contribution in [3.05, 3.63) is 58.8 Å². The highest BCUT2D eigenvalue weighted by Crippen LogP contribution is 2.36. The molecule has 1 amide bonds. The van der Waals surface area contributed by atoms with E-state index in [4.69, 9.17) is 16.2 Å². The molecule has 1 aliphatic heterocycles. The Labute approximate surface area is 201 Å². The molecule has 0 aliphatic carbocycles. The molecule has 3 aromatic rings. The molecule has 1 aromatic heterocycles. The van der Waals surface area contributed by atoms with Gasteiger partial charge in [-0.2, -0.15) is 13.2 Å². The Bertz CT molecular complexity index is 1220. The fourth-order valence-corrected chi connectivity index (χ4v) is 4.87. The van der Waals surface area contributed by atoms with Gasteiger partial charge in [-0.3, -0.25) is 14.6 Å². The second kappa shape index (κ2) is 9.79. The molecule has 1 fully saturated rings. The Morgan fingerprint density at radius 3 is 2.66 bits per heavy atom. The first-order valence-electron chi connectivity index (χ1n) is 11.4. The van der Waals surface area contributed by atoms with Crippen LogP contribution in [0.25, 0.3) is 10.9 Å². The second-order valence-electron chi connectivity index (χ2n) is 9.00. The lowest BCUT2D eigenvalue weighted by molar-refractivity contribution is -0.139. The molecule has 1 aliphatic rings. The van der Waals surface area contributed by atoms with E-state index in [0.717, 1.165) is 33.3 Å². The van der Waals surface area contributed by atoms with Crippen LogP contribution in [0.2, 0.25) is 0 Å². The zero-order valence-electron chi connectivity index (χ0n) is 19.8. The van der Waals surface area contributed by atoms with Gasteiger partial charge in [-0.25, -0.2) is 0 Å². The van der Waals surface area contributed by atoms with Crippen LogP contribution in [0.4, 0.5) is 18.9 Å². The number of aromatic amines is 1. The Morgan fingerprint density at radius 2 is 2.00 bits per heavy atom. The van der Waals surface area contributed by atoms with Gasteiger partial charge in [-0.1, -0.05) is 6.07 Å². The smallest absolute Gasteiger partial charge is 0.390 e. The number of anilines is 1. The molecule has 10 heteroatoms. The van der Waals surface area contributed by atoms with Gasteiger partial charge in [0.05, 0.1) is 19.1 Å². The number of alkyl halides is 3. The lowest BCUT2D eigenvalue weighted by Crippen LogP contribution is -2.48. The van der Waals surface area contributed by atoms with Gasteiger partial charge in [0, 0.05) is 67.1 Å². The SMILES string of the molecule is COc1cc(C)c2[nH]ccc2c1CN1CCN(CCC(F)(F)F)C[C@H]1c1ccc(C(N)=O)c(N)c1. The summed E-state index contributed by atoms with van der Waals surface area (Å²) in [6.45, 7) is 3.94. The number of nitrogen functional groups attached to an aromatic ring is 1. The van der Waals surface area contributed by atoms with E-state index in [-0.39, 0.29) is 23.8 Å². The highest BCUT2D eigenvalue weighted by Gasteiger charge is 2.33. The minimum absolute atomic E-state index is 0.0708. The monoisotopic (exact) mass is 489 g/mol. The molecule has 4 rings (SSSR count). The Hall–Kier alpha value is -3.24. The molecule has 0 spiro atoms. The van der Waals surface area contributed by atoms with Crippen molar-refractivity contribution in [2.75, 3.05) is 39.0 Å². The van der Waals surface area contributed by atoms with Crippen molar-refractivity contribution in [1.82, 2.24) is 14.8 Å². The number of amides is 1. The number of piperazine rings is 1. The van der Waals surface area contributed by atoms with E-state index in [9.17, 15) is 18.0 Å². The molecule has 2 aromatic carbocycles. The molecule has 0 radical (unpaired) electrons. The minimum atomic E-state index is -4.21. The van der Waals surface area contributed by atoms with Crippen LogP contribution in [0.3, 0.4) is 0 Å². The molecule has 35 heavy (non-hydrogen) atoms. The third-order valence-corrected chi connectivity index (χ3v) is 6.71. The van der Waals surface area contributed by atoms with Crippen LogP contribution in [0.15, 0.2) is 36.5 Å². The summed E-state index contributed by atoms with van der Waals surface area (Å²) in [7, 11) is 1.63. The van der Waals surface area contributed by atoms with Crippen molar-refractivity contribution in [3.63, 3.8) is 0 Å². The number of ether oxygens (including phenoxy) is 1. The van der Waals surface area contributed by atoms with Gasteiger partial charge in [0.2, 0.25) is 0 Å². The van der Waals surface area contributed by atoms with Crippen LogP contribution < -0.4 is 16.2 Å². The zero-order chi connectivity index (χ0) is 25.3. The molecule has 188 valence electrons. The number of nitrogens with two attached hydrogens (primary N) is 2. The number of hydrogen-bond donors (Lipinski definition) is 3.